The number of rotatable bonds is 8. The molecule has 0 saturated heterocycles. The quantitative estimate of drug-likeness (QED) is 0.562. The van der Waals surface area contributed by atoms with E-state index in [1.54, 1.807) is 18.2 Å². The van der Waals surface area contributed by atoms with Gasteiger partial charge in [0, 0.05) is 24.5 Å². The average molecular weight is 341 g/mol. The lowest BCUT2D eigenvalue weighted by molar-refractivity contribution is -0.385. The first-order valence-electron chi connectivity index (χ1n) is 7.82. The van der Waals surface area contributed by atoms with Gasteiger partial charge in [-0.3, -0.25) is 19.7 Å². The number of hydrogen-bond acceptors (Lipinski definition) is 4. The molecule has 2 rings (SSSR count). The van der Waals surface area contributed by atoms with Crippen molar-refractivity contribution in [1.82, 2.24) is 5.32 Å². The molecule has 7 nitrogen and oxygen atoms in total. The number of benzene rings is 2. The number of nitro groups is 1. The van der Waals surface area contributed by atoms with Crippen LogP contribution in [0.4, 0.5) is 5.69 Å². The second-order valence-corrected chi connectivity index (χ2v) is 5.60. The molecule has 3 N–H and O–H groups in total. The monoisotopic (exact) mass is 341 g/mol. The zero-order valence-corrected chi connectivity index (χ0v) is 13.6. The Hall–Kier alpha value is -3.22. The van der Waals surface area contributed by atoms with Crippen LogP contribution < -0.4 is 11.1 Å². The number of aryl methyl sites for hydroxylation is 1. The molecule has 0 fully saturated rings. The summed E-state index contributed by atoms with van der Waals surface area (Å²) in [5.41, 5.74) is 6.59. The minimum atomic E-state index is -0.996. The molecule has 0 radical (unpaired) electrons. The highest BCUT2D eigenvalue weighted by Gasteiger charge is 2.22. The van der Waals surface area contributed by atoms with Crippen molar-refractivity contribution in [2.45, 2.75) is 25.3 Å². The molecule has 2 aromatic carbocycles. The summed E-state index contributed by atoms with van der Waals surface area (Å²) < 4.78 is 0. The Morgan fingerprint density at radius 3 is 2.36 bits per heavy atom. The Bertz CT molecular complexity index is 762. The van der Waals surface area contributed by atoms with E-state index in [2.05, 4.69) is 5.32 Å². The van der Waals surface area contributed by atoms with Crippen molar-refractivity contribution in [3.63, 3.8) is 0 Å². The second-order valence-electron chi connectivity index (χ2n) is 5.60. The van der Waals surface area contributed by atoms with Crippen LogP contribution in [-0.2, 0) is 22.4 Å². The topological polar surface area (TPSA) is 115 Å². The molecule has 7 heteroatoms. The third kappa shape index (κ3) is 5.42. The number of para-hydroxylation sites is 1. The summed E-state index contributed by atoms with van der Waals surface area (Å²) >= 11 is 0. The first-order valence-corrected chi connectivity index (χ1v) is 7.82. The Balaban J connectivity index is 2.00. The molecule has 1 atom stereocenters. The van der Waals surface area contributed by atoms with Gasteiger partial charge in [-0.25, -0.2) is 0 Å². The molecular weight excluding hydrogens is 322 g/mol. The van der Waals surface area contributed by atoms with E-state index in [0.29, 0.717) is 12.0 Å². The number of carbonyl (C=O) groups excluding carboxylic acids is 2. The fourth-order valence-corrected chi connectivity index (χ4v) is 2.47. The maximum Gasteiger partial charge on any atom is 0.272 e. The van der Waals surface area contributed by atoms with Gasteiger partial charge in [0.2, 0.25) is 11.8 Å². The van der Waals surface area contributed by atoms with Gasteiger partial charge in [0.05, 0.1) is 4.92 Å². The van der Waals surface area contributed by atoms with E-state index < -0.39 is 16.9 Å². The van der Waals surface area contributed by atoms with Gasteiger partial charge in [-0.15, -0.1) is 0 Å². The Morgan fingerprint density at radius 2 is 1.72 bits per heavy atom. The molecule has 0 aliphatic carbocycles. The Labute approximate surface area is 145 Å². The Kier molecular flexibility index (Phi) is 6.22. The molecule has 25 heavy (non-hydrogen) atoms. The van der Waals surface area contributed by atoms with E-state index in [4.69, 9.17) is 5.73 Å². The van der Waals surface area contributed by atoms with Gasteiger partial charge in [-0.05, 0) is 12.0 Å². The van der Waals surface area contributed by atoms with Crippen LogP contribution in [0.2, 0.25) is 0 Å². The minimum Gasteiger partial charge on any atom is -0.368 e. The molecule has 2 amide bonds. The molecule has 0 aliphatic heterocycles. The zero-order valence-electron chi connectivity index (χ0n) is 13.6. The summed E-state index contributed by atoms with van der Waals surface area (Å²) in [5, 5.41) is 13.6. The van der Waals surface area contributed by atoms with Crippen LogP contribution in [0.25, 0.3) is 0 Å². The highest BCUT2D eigenvalue weighted by atomic mass is 16.6. The highest BCUT2D eigenvalue weighted by molar-refractivity contribution is 5.87. The summed E-state index contributed by atoms with van der Waals surface area (Å²) in [6.07, 6.45) is 0.706. The predicted molar refractivity (Wildman–Crippen MR) is 92.7 cm³/mol. The highest BCUT2D eigenvalue weighted by Crippen LogP contribution is 2.19. The summed E-state index contributed by atoms with van der Waals surface area (Å²) in [6, 6.07) is 14.6. The van der Waals surface area contributed by atoms with Gasteiger partial charge in [-0.2, -0.15) is 0 Å². The van der Waals surface area contributed by atoms with E-state index in [1.165, 1.54) is 6.07 Å². The Morgan fingerprint density at radius 1 is 1.08 bits per heavy atom. The van der Waals surface area contributed by atoms with Gasteiger partial charge in [-0.1, -0.05) is 48.5 Å². The summed E-state index contributed by atoms with van der Waals surface area (Å²) in [5.74, 6) is -1.06. The standard InChI is InChI=1S/C18H19N3O4/c19-18(23)15(12-14-8-4-5-9-16(14)21(24)25)20-17(22)11-10-13-6-2-1-3-7-13/h1-9,15H,10-12H2,(H2,19,23)(H,20,22)/t15-/m1/s1. The third-order valence-electron chi connectivity index (χ3n) is 3.77. The molecule has 0 bridgehead atoms. The van der Waals surface area contributed by atoms with Gasteiger partial charge in [0.15, 0.2) is 0 Å². The number of nitrogens with zero attached hydrogens (tertiary/aromatic N) is 1. The lowest BCUT2D eigenvalue weighted by Crippen LogP contribution is -2.46. The lowest BCUT2D eigenvalue weighted by Gasteiger charge is -2.15. The SMILES string of the molecule is NC(=O)[C@@H](Cc1ccccc1[N+](=O)[O-])NC(=O)CCc1ccccc1. The van der Waals surface area contributed by atoms with Gasteiger partial charge >= 0.3 is 0 Å². The fraction of sp³-hybridized carbons (Fsp3) is 0.222. The van der Waals surface area contributed by atoms with Crippen molar-refractivity contribution < 1.29 is 14.5 Å². The van der Waals surface area contributed by atoms with Crippen molar-refractivity contribution in [3.8, 4) is 0 Å². The van der Waals surface area contributed by atoms with E-state index in [0.717, 1.165) is 5.56 Å². The molecular formula is C18H19N3O4. The second kappa shape index (κ2) is 8.58. The largest absolute Gasteiger partial charge is 0.368 e. The predicted octanol–water partition coefficient (Wildman–Crippen LogP) is 1.74. The smallest absolute Gasteiger partial charge is 0.272 e. The molecule has 0 heterocycles. The maximum absolute atomic E-state index is 12.1. The number of nitrogens with two attached hydrogens (primary N) is 1. The van der Waals surface area contributed by atoms with Crippen LogP contribution in [0.5, 0.6) is 0 Å². The first kappa shape index (κ1) is 18.1. The van der Waals surface area contributed by atoms with Crippen LogP contribution >= 0.6 is 0 Å². The number of primary amides is 1. The maximum atomic E-state index is 12.1. The minimum absolute atomic E-state index is 0.0242. The molecule has 0 saturated carbocycles. The van der Waals surface area contributed by atoms with Crippen LogP contribution in [-0.4, -0.2) is 22.8 Å². The number of nitrogens with one attached hydrogen (secondary N) is 1. The summed E-state index contributed by atoms with van der Waals surface area (Å²) in [7, 11) is 0. The third-order valence-corrected chi connectivity index (χ3v) is 3.77. The number of nitro benzene ring substituents is 1. The molecule has 0 aliphatic rings. The van der Waals surface area contributed by atoms with Crippen molar-refractivity contribution in [3.05, 3.63) is 75.8 Å². The van der Waals surface area contributed by atoms with E-state index in [1.807, 2.05) is 30.3 Å². The van der Waals surface area contributed by atoms with Crippen LogP contribution in [0, 0.1) is 10.1 Å². The summed E-state index contributed by atoms with van der Waals surface area (Å²) in [6.45, 7) is 0. The van der Waals surface area contributed by atoms with Crippen LogP contribution in [0.15, 0.2) is 54.6 Å². The van der Waals surface area contributed by atoms with Crippen LogP contribution in [0.3, 0.4) is 0 Å². The van der Waals surface area contributed by atoms with Crippen LogP contribution in [0.1, 0.15) is 17.5 Å². The molecule has 0 aromatic heterocycles. The zero-order chi connectivity index (χ0) is 18.2. The number of hydrogen-bond donors (Lipinski definition) is 2. The van der Waals surface area contributed by atoms with Gasteiger partial charge in [0.1, 0.15) is 6.04 Å². The average Bonchev–Trinajstić information content (AvgIpc) is 2.60. The van der Waals surface area contributed by atoms with E-state index >= 15 is 0 Å². The van der Waals surface area contributed by atoms with Crippen molar-refractivity contribution in [2.24, 2.45) is 5.73 Å². The van der Waals surface area contributed by atoms with Gasteiger partial charge in [0.25, 0.3) is 5.69 Å². The summed E-state index contributed by atoms with van der Waals surface area (Å²) in [4.78, 5) is 34.3. The number of carbonyl (C=O) groups is 2. The normalized spacial score (nSPS) is 11.5. The fourth-order valence-electron chi connectivity index (χ4n) is 2.47. The number of amides is 2. The molecule has 0 unspecified atom stereocenters. The van der Waals surface area contributed by atoms with E-state index in [9.17, 15) is 19.7 Å². The van der Waals surface area contributed by atoms with Crippen molar-refractivity contribution in [1.29, 1.82) is 0 Å². The molecule has 0 spiro atoms. The lowest BCUT2D eigenvalue weighted by atomic mass is 10.0. The van der Waals surface area contributed by atoms with E-state index in [-0.39, 0.29) is 24.4 Å². The molecule has 130 valence electrons. The van der Waals surface area contributed by atoms with Crippen molar-refractivity contribution in [2.75, 3.05) is 0 Å². The van der Waals surface area contributed by atoms with Crippen molar-refractivity contribution >= 4 is 17.5 Å². The molecule has 2 aromatic rings. The van der Waals surface area contributed by atoms with Gasteiger partial charge < -0.3 is 11.1 Å². The first-order chi connectivity index (χ1) is 12.0.